The molecule has 0 aliphatic carbocycles. The van der Waals surface area contributed by atoms with E-state index in [-0.39, 0.29) is 6.03 Å². The van der Waals surface area contributed by atoms with Gasteiger partial charge in [-0.25, -0.2) is 9.86 Å². The number of amides is 2. The van der Waals surface area contributed by atoms with Crippen molar-refractivity contribution >= 4 is 6.03 Å². The molecule has 7 nitrogen and oxygen atoms in total. The van der Waals surface area contributed by atoms with Gasteiger partial charge >= 0.3 is 6.03 Å². The zero-order valence-corrected chi connectivity index (χ0v) is 15.0. The number of benzene rings is 1. The molecular weight excluding hydrogens is 322 g/mol. The molecule has 0 saturated carbocycles. The maximum Gasteiger partial charge on any atom is 0.341 e. The number of fused-ring (bicyclic) bond motifs is 1. The lowest BCUT2D eigenvalue weighted by atomic mass is 9.99. The fourth-order valence-electron chi connectivity index (χ4n) is 3.30. The van der Waals surface area contributed by atoms with Crippen LogP contribution in [0.5, 0.6) is 11.5 Å². The van der Waals surface area contributed by atoms with E-state index in [1.807, 2.05) is 0 Å². The monoisotopic (exact) mass is 349 g/mol. The van der Waals surface area contributed by atoms with E-state index in [0.29, 0.717) is 19.7 Å². The summed E-state index contributed by atoms with van der Waals surface area (Å²) in [5.41, 5.74) is 2.56. The molecule has 138 valence electrons. The highest BCUT2D eigenvalue weighted by Gasteiger charge is 2.20. The molecule has 2 amide bonds. The molecule has 0 spiro atoms. The van der Waals surface area contributed by atoms with Crippen molar-refractivity contribution in [3.63, 3.8) is 0 Å². The number of rotatable bonds is 5. The van der Waals surface area contributed by atoms with Gasteiger partial charge in [0.1, 0.15) is 0 Å². The topological polar surface area (TPSA) is 63.3 Å². The van der Waals surface area contributed by atoms with Crippen molar-refractivity contribution in [3.8, 4) is 11.5 Å². The van der Waals surface area contributed by atoms with Crippen LogP contribution in [0.2, 0.25) is 0 Å². The Morgan fingerprint density at radius 3 is 2.60 bits per heavy atom. The van der Waals surface area contributed by atoms with E-state index in [2.05, 4.69) is 22.3 Å². The van der Waals surface area contributed by atoms with Crippen LogP contribution in [-0.4, -0.2) is 63.0 Å². The molecule has 0 radical (unpaired) electrons. The molecule has 0 bridgehead atoms. The Kier molecular flexibility index (Phi) is 5.99. The minimum atomic E-state index is -0.136. The molecule has 1 aromatic rings. The summed E-state index contributed by atoms with van der Waals surface area (Å²) in [5.74, 6) is 1.54. The van der Waals surface area contributed by atoms with Gasteiger partial charge in [-0.15, -0.1) is 0 Å². The fraction of sp³-hybridized carbons (Fsp3) is 0.611. The number of nitrogens with zero attached hydrogens (tertiary/aromatic N) is 2. The second-order valence-corrected chi connectivity index (χ2v) is 6.38. The zero-order valence-electron chi connectivity index (χ0n) is 15.0. The van der Waals surface area contributed by atoms with Crippen LogP contribution in [-0.2, 0) is 17.8 Å². The standard InChI is InChI=1S/C18H27N3O4/c1-23-16-11-14-5-8-20(13-15(14)12-17(16)24-2)9-6-19-18(22)21-7-3-4-10-25-21/h11-12H,3-10,13H2,1-2H3,(H,19,22). The fourth-order valence-corrected chi connectivity index (χ4v) is 3.30. The number of hydrogen-bond donors (Lipinski definition) is 1. The molecule has 2 heterocycles. The summed E-state index contributed by atoms with van der Waals surface area (Å²) in [5, 5.41) is 4.38. The molecule has 7 heteroatoms. The van der Waals surface area contributed by atoms with Gasteiger partial charge in [0.25, 0.3) is 0 Å². The minimum absolute atomic E-state index is 0.136. The lowest BCUT2D eigenvalue weighted by Gasteiger charge is -2.30. The third kappa shape index (κ3) is 4.35. The average molecular weight is 349 g/mol. The lowest BCUT2D eigenvalue weighted by Crippen LogP contribution is -2.45. The highest BCUT2D eigenvalue weighted by Crippen LogP contribution is 2.33. The SMILES string of the molecule is COc1cc2c(cc1OC)CN(CCNC(=O)N1CCCCO1)CC2. The normalized spacial score (nSPS) is 17.8. The van der Waals surface area contributed by atoms with Gasteiger partial charge in [-0.05, 0) is 42.5 Å². The molecule has 1 N–H and O–H groups in total. The second-order valence-electron chi connectivity index (χ2n) is 6.38. The molecule has 2 aliphatic rings. The van der Waals surface area contributed by atoms with E-state index in [1.165, 1.54) is 16.2 Å². The zero-order chi connectivity index (χ0) is 17.6. The Hall–Kier alpha value is -1.99. The van der Waals surface area contributed by atoms with Gasteiger partial charge < -0.3 is 14.8 Å². The van der Waals surface area contributed by atoms with Crippen LogP contribution in [0.1, 0.15) is 24.0 Å². The first-order valence-electron chi connectivity index (χ1n) is 8.85. The van der Waals surface area contributed by atoms with Gasteiger partial charge in [-0.2, -0.15) is 0 Å². The van der Waals surface area contributed by atoms with Crippen molar-refractivity contribution in [1.82, 2.24) is 15.3 Å². The van der Waals surface area contributed by atoms with E-state index in [0.717, 1.165) is 50.4 Å². The third-order valence-electron chi connectivity index (χ3n) is 4.73. The Morgan fingerprint density at radius 1 is 1.16 bits per heavy atom. The minimum Gasteiger partial charge on any atom is -0.493 e. The Labute approximate surface area is 148 Å². The first kappa shape index (κ1) is 17.8. The number of methoxy groups -OCH3 is 2. The van der Waals surface area contributed by atoms with E-state index in [1.54, 1.807) is 14.2 Å². The Bertz CT molecular complexity index is 602. The first-order valence-corrected chi connectivity index (χ1v) is 8.85. The Balaban J connectivity index is 1.50. The van der Waals surface area contributed by atoms with Crippen LogP contribution < -0.4 is 14.8 Å². The average Bonchev–Trinajstić information content (AvgIpc) is 2.67. The second kappa shape index (κ2) is 8.40. The molecular formula is C18H27N3O4. The predicted molar refractivity (Wildman–Crippen MR) is 93.8 cm³/mol. The van der Waals surface area contributed by atoms with E-state index in [9.17, 15) is 4.79 Å². The first-order chi connectivity index (χ1) is 12.2. The van der Waals surface area contributed by atoms with Crippen molar-refractivity contribution in [2.75, 3.05) is 47.0 Å². The molecule has 2 aliphatic heterocycles. The van der Waals surface area contributed by atoms with Crippen LogP contribution in [0.4, 0.5) is 4.79 Å². The van der Waals surface area contributed by atoms with Gasteiger partial charge in [0.2, 0.25) is 0 Å². The maximum absolute atomic E-state index is 12.0. The number of carbonyl (C=O) groups excluding carboxylic acids is 1. The quantitative estimate of drug-likeness (QED) is 0.878. The molecule has 1 saturated heterocycles. The van der Waals surface area contributed by atoms with Crippen LogP contribution in [0.25, 0.3) is 0 Å². The van der Waals surface area contributed by atoms with Gasteiger partial charge in [0.15, 0.2) is 11.5 Å². The van der Waals surface area contributed by atoms with Crippen LogP contribution in [0, 0.1) is 0 Å². The smallest absolute Gasteiger partial charge is 0.341 e. The van der Waals surface area contributed by atoms with E-state index in [4.69, 9.17) is 14.3 Å². The number of carbonyl (C=O) groups is 1. The van der Waals surface area contributed by atoms with E-state index >= 15 is 0 Å². The summed E-state index contributed by atoms with van der Waals surface area (Å²) in [7, 11) is 3.32. The third-order valence-corrected chi connectivity index (χ3v) is 4.73. The summed E-state index contributed by atoms with van der Waals surface area (Å²) in [6.07, 6.45) is 2.99. The molecule has 3 rings (SSSR count). The number of hydroxylamine groups is 2. The van der Waals surface area contributed by atoms with Crippen LogP contribution in [0.3, 0.4) is 0 Å². The maximum atomic E-state index is 12.0. The highest BCUT2D eigenvalue weighted by atomic mass is 16.7. The Morgan fingerprint density at radius 2 is 1.92 bits per heavy atom. The van der Waals surface area contributed by atoms with Crippen molar-refractivity contribution < 1.29 is 19.1 Å². The number of nitrogens with one attached hydrogen (secondary N) is 1. The van der Waals surface area contributed by atoms with Crippen molar-refractivity contribution in [3.05, 3.63) is 23.3 Å². The molecule has 0 unspecified atom stereocenters. The largest absolute Gasteiger partial charge is 0.493 e. The molecule has 0 aromatic heterocycles. The number of ether oxygens (including phenoxy) is 2. The van der Waals surface area contributed by atoms with Crippen LogP contribution >= 0.6 is 0 Å². The van der Waals surface area contributed by atoms with Crippen LogP contribution in [0.15, 0.2) is 12.1 Å². The highest BCUT2D eigenvalue weighted by molar-refractivity contribution is 5.73. The summed E-state index contributed by atoms with van der Waals surface area (Å²) >= 11 is 0. The molecule has 0 atom stereocenters. The number of urea groups is 1. The summed E-state index contributed by atoms with van der Waals surface area (Å²) in [6, 6.07) is 3.99. The van der Waals surface area contributed by atoms with Gasteiger partial charge in [-0.3, -0.25) is 9.74 Å². The predicted octanol–water partition coefficient (Wildman–Crippen LogP) is 1.80. The number of hydrogen-bond acceptors (Lipinski definition) is 5. The van der Waals surface area contributed by atoms with E-state index < -0.39 is 0 Å². The molecule has 1 fully saturated rings. The summed E-state index contributed by atoms with van der Waals surface area (Å²) in [6.45, 7) is 4.55. The van der Waals surface area contributed by atoms with Crippen molar-refractivity contribution in [1.29, 1.82) is 0 Å². The van der Waals surface area contributed by atoms with Crippen molar-refractivity contribution in [2.24, 2.45) is 0 Å². The molecule has 1 aromatic carbocycles. The lowest BCUT2D eigenvalue weighted by molar-refractivity contribution is -0.139. The van der Waals surface area contributed by atoms with Gasteiger partial charge in [0, 0.05) is 26.2 Å². The molecule has 25 heavy (non-hydrogen) atoms. The summed E-state index contributed by atoms with van der Waals surface area (Å²) in [4.78, 5) is 19.7. The summed E-state index contributed by atoms with van der Waals surface area (Å²) < 4.78 is 10.8. The van der Waals surface area contributed by atoms with Gasteiger partial charge in [-0.1, -0.05) is 0 Å². The van der Waals surface area contributed by atoms with Gasteiger partial charge in [0.05, 0.1) is 27.4 Å². The van der Waals surface area contributed by atoms with Crippen molar-refractivity contribution in [2.45, 2.75) is 25.8 Å².